The largest absolute Gasteiger partial charge is 0.398 e. The lowest BCUT2D eigenvalue weighted by Crippen LogP contribution is -1.90. The first-order valence-electron chi connectivity index (χ1n) is 4.96. The van der Waals surface area contributed by atoms with E-state index in [2.05, 4.69) is 17.1 Å². The van der Waals surface area contributed by atoms with Crippen LogP contribution in [-0.2, 0) is 0 Å². The van der Waals surface area contributed by atoms with E-state index >= 15 is 0 Å². The molecule has 0 aliphatic heterocycles. The van der Waals surface area contributed by atoms with Gasteiger partial charge in [0, 0.05) is 23.1 Å². The lowest BCUT2D eigenvalue weighted by molar-refractivity contribution is 1.20. The second-order valence-electron chi connectivity index (χ2n) is 3.76. The molecule has 0 fully saturated rings. The van der Waals surface area contributed by atoms with Gasteiger partial charge in [0.2, 0.25) is 0 Å². The molecule has 0 amide bonds. The molecule has 2 nitrogen and oxygen atoms in total. The molecule has 15 heavy (non-hydrogen) atoms. The summed E-state index contributed by atoms with van der Waals surface area (Å²) in [5.74, 6) is 0. The summed E-state index contributed by atoms with van der Waals surface area (Å²) in [6, 6.07) is 10.2. The smallest absolute Gasteiger partial charge is 0.0373 e. The molecule has 0 spiro atoms. The Morgan fingerprint density at radius 3 is 2.33 bits per heavy atom. The lowest BCUT2D eigenvalue weighted by atomic mass is 10.0. The fourth-order valence-electron chi connectivity index (χ4n) is 1.46. The van der Waals surface area contributed by atoms with Gasteiger partial charge in [-0.15, -0.1) is 0 Å². The number of pyridine rings is 1. The fourth-order valence-corrected chi connectivity index (χ4v) is 1.46. The van der Waals surface area contributed by atoms with Crippen LogP contribution in [-0.4, -0.2) is 4.98 Å². The van der Waals surface area contributed by atoms with Crippen LogP contribution >= 0.6 is 0 Å². The van der Waals surface area contributed by atoms with Crippen LogP contribution in [0.3, 0.4) is 0 Å². The van der Waals surface area contributed by atoms with Crippen LogP contribution in [0.5, 0.6) is 0 Å². The highest BCUT2D eigenvalue weighted by Gasteiger charge is 2.00. The van der Waals surface area contributed by atoms with Crippen molar-refractivity contribution >= 4 is 5.69 Å². The Morgan fingerprint density at radius 2 is 1.73 bits per heavy atom. The van der Waals surface area contributed by atoms with E-state index in [1.54, 1.807) is 0 Å². The molecule has 0 atom stereocenters. The second kappa shape index (κ2) is 3.73. The van der Waals surface area contributed by atoms with Gasteiger partial charge in [-0.25, -0.2) is 0 Å². The predicted molar refractivity (Wildman–Crippen MR) is 63.6 cm³/mol. The quantitative estimate of drug-likeness (QED) is 0.715. The number of nitrogen functional groups attached to an aromatic ring is 1. The maximum atomic E-state index is 5.87. The number of aryl methyl sites for hydroxylation is 2. The monoisotopic (exact) mass is 198 g/mol. The molecule has 2 heteroatoms. The Bertz CT molecular complexity index is 472. The molecule has 2 rings (SSSR count). The van der Waals surface area contributed by atoms with E-state index in [0.29, 0.717) is 0 Å². The zero-order valence-corrected chi connectivity index (χ0v) is 8.99. The van der Waals surface area contributed by atoms with Crippen molar-refractivity contribution < 1.29 is 0 Å². The lowest BCUT2D eigenvalue weighted by Gasteiger charge is -2.05. The van der Waals surface area contributed by atoms with E-state index in [4.69, 9.17) is 5.73 Å². The van der Waals surface area contributed by atoms with Crippen molar-refractivity contribution in [2.75, 3.05) is 5.73 Å². The molecule has 0 bridgehead atoms. The normalized spacial score (nSPS) is 10.3. The topological polar surface area (TPSA) is 38.9 Å². The summed E-state index contributed by atoms with van der Waals surface area (Å²) < 4.78 is 0. The van der Waals surface area contributed by atoms with Crippen molar-refractivity contribution in [1.29, 1.82) is 0 Å². The van der Waals surface area contributed by atoms with Crippen LogP contribution in [0.2, 0.25) is 0 Å². The second-order valence-corrected chi connectivity index (χ2v) is 3.76. The highest BCUT2D eigenvalue weighted by molar-refractivity contribution is 5.68. The average Bonchev–Trinajstić information content (AvgIpc) is 2.23. The van der Waals surface area contributed by atoms with Crippen LogP contribution in [0.4, 0.5) is 5.69 Å². The minimum atomic E-state index is 0.827. The van der Waals surface area contributed by atoms with Gasteiger partial charge in [-0.3, -0.25) is 4.98 Å². The summed E-state index contributed by atoms with van der Waals surface area (Å²) >= 11 is 0. The average molecular weight is 198 g/mol. The number of nitrogens with zero attached hydrogens (tertiary/aromatic N) is 1. The number of anilines is 1. The molecule has 1 aromatic heterocycles. The molecule has 2 N–H and O–H groups in total. The van der Waals surface area contributed by atoms with Crippen molar-refractivity contribution in [3.63, 3.8) is 0 Å². The van der Waals surface area contributed by atoms with E-state index in [9.17, 15) is 0 Å². The van der Waals surface area contributed by atoms with Gasteiger partial charge in [-0.05, 0) is 37.1 Å². The van der Waals surface area contributed by atoms with Crippen molar-refractivity contribution in [1.82, 2.24) is 4.98 Å². The van der Waals surface area contributed by atoms with Crippen molar-refractivity contribution in [2.45, 2.75) is 13.8 Å². The number of nitrogens with two attached hydrogens (primary N) is 1. The first kappa shape index (κ1) is 9.71. The zero-order valence-electron chi connectivity index (χ0n) is 8.99. The Balaban J connectivity index is 2.45. The van der Waals surface area contributed by atoms with Gasteiger partial charge in [-0.1, -0.05) is 18.2 Å². The molecule has 0 aliphatic carbocycles. The summed E-state index contributed by atoms with van der Waals surface area (Å²) in [6.45, 7) is 3.99. The third kappa shape index (κ3) is 1.99. The molecule has 1 aromatic carbocycles. The van der Waals surface area contributed by atoms with Crippen LogP contribution in [0, 0.1) is 13.8 Å². The molecule has 0 saturated heterocycles. The SMILES string of the molecule is Cc1ccc(-c2ccc(C)c(N)c2)cn1. The number of aromatic nitrogens is 1. The summed E-state index contributed by atoms with van der Waals surface area (Å²) in [5.41, 5.74) is 11.1. The van der Waals surface area contributed by atoms with Crippen molar-refractivity contribution in [3.05, 3.63) is 47.8 Å². The molecular weight excluding hydrogens is 184 g/mol. The van der Waals surface area contributed by atoms with Gasteiger partial charge in [0.05, 0.1) is 0 Å². The van der Waals surface area contributed by atoms with Gasteiger partial charge in [0.1, 0.15) is 0 Å². The first-order chi connectivity index (χ1) is 7.16. The number of rotatable bonds is 1. The van der Waals surface area contributed by atoms with Crippen LogP contribution in [0.1, 0.15) is 11.3 Å². The Kier molecular flexibility index (Phi) is 2.42. The Labute approximate surface area is 89.8 Å². The fraction of sp³-hybridized carbons (Fsp3) is 0.154. The zero-order chi connectivity index (χ0) is 10.8. The van der Waals surface area contributed by atoms with E-state index in [0.717, 1.165) is 28.1 Å². The maximum absolute atomic E-state index is 5.87. The molecule has 0 aliphatic rings. The van der Waals surface area contributed by atoms with Gasteiger partial charge in [0.25, 0.3) is 0 Å². The van der Waals surface area contributed by atoms with Crippen LogP contribution < -0.4 is 5.73 Å². The van der Waals surface area contributed by atoms with E-state index in [-0.39, 0.29) is 0 Å². The third-order valence-electron chi connectivity index (χ3n) is 2.52. The molecule has 76 valence electrons. The molecule has 0 unspecified atom stereocenters. The summed E-state index contributed by atoms with van der Waals surface area (Å²) in [6.07, 6.45) is 1.87. The number of hydrogen-bond acceptors (Lipinski definition) is 2. The summed E-state index contributed by atoms with van der Waals surface area (Å²) in [7, 11) is 0. The van der Waals surface area contributed by atoms with Crippen molar-refractivity contribution in [2.24, 2.45) is 0 Å². The minimum Gasteiger partial charge on any atom is -0.398 e. The molecule has 0 saturated carbocycles. The summed E-state index contributed by atoms with van der Waals surface area (Å²) in [4.78, 5) is 4.27. The van der Waals surface area contributed by atoms with Crippen LogP contribution in [0.25, 0.3) is 11.1 Å². The third-order valence-corrected chi connectivity index (χ3v) is 2.52. The highest BCUT2D eigenvalue weighted by Crippen LogP contribution is 2.22. The molecular formula is C13H14N2. The number of hydrogen-bond donors (Lipinski definition) is 1. The molecule has 2 aromatic rings. The summed E-state index contributed by atoms with van der Waals surface area (Å²) in [5, 5.41) is 0. The van der Waals surface area contributed by atoms with Gasteiger partial charge >= 0.3 is 0 Å². The number of benzene rings is 1. The van der Waals surface area contributed by atoms with E-state index in [1.165, 1.54) is 0 Å². The molecule has 1 heterocycles. The van der Waals surface area contributed by atoms with Gasteiger partial charge < -0.3 is 5.73 Å². The Hall–Kier alpha value is -1.83. The highest BCUT2D eigenvalue weighted by atomic mass is 14.7. The van der Waals surface area contributed by atoms with Crippen LogP contribution in [0.15, 0.2) is 36.5 Å². The Morgan fingerprint density at radius 1 is 1.00 bits per heavy atom. The first-order valence-corrected chi connectivity index (χ1v) is 4.96. The van der Waals surface area contributed by atoms with Crippen molar-refractivity contribution in [3.8, 4) is 11.1 Å². The van der Waals surface area contributed by atoms with Gasteiger partial charge in [0.15, 0.2) is 0 Å². The van der Waals surface area contributed by atoms with E-state index in [1.807, 2.05) is 38.2 Å². The minimum absolute atomic E-state index is 0.827. The predicted octanol–water partition coefficient (Wildman–Crippen LogP) is 2.95. The van der Waals surface area contributed by atoms with E-state index < -0.39 is 0 Å². The standard InChI is InChI=1S/C13H14N2/c1-9-3-5-11(7-13(9)14)12-6-4-10(2)15-8-12/h3-8H,14H2,1-2H3. The maximum Gasteiger partial charge on any atom is 0.0373 e. The molecule has 0 radical (unpaired) electrons. The van der Waals surface area contributed by atoms with Gasteiger partial charge in [-0.2, -0.15) is 0 Å².